The van der Waals surface area contributed by atoms with Crippen LogP contribution in [-0.2, 0) is 24.9 Å². The normalized spacial score (nSPS) is 17.6. The number of rotatable bonds is 4. The number of amides is 1. The summed E-state index contributed by atoms with van der Waals surface area (Å²) in [5, 5.41) is 4.20. The number of fused-ring (bicyclic) bond motifs is 1. The first-order valence-corrected chi connectivity index (χ1v) is 7.54. The average molecular weight is 303 g/mol. The van der Waals surface area contributed by atoms with Crippen molar-refractivity contribution in [3.05, 3.63) is 35.7 Å². The molecule has 0 fully saturated rings. The van der Waals surface area contributed by atoms with Crippen LogP contribution in [0.3, 0.4) is 0 Å². The quantitative estimate of drug-likeness (QED) is 0.855. The van der Waals surface area contributed by atoms with Crippen molar-refractivity contribution in [1.29, 1.82) is 0 Å². The van der Waals surface area contributed by atoms with Gasteiger partial charge in [0.05, 0.1) is 24.5 Å². The number of hydrogen-bond acceptors (Lipinski definition) is 4. The van der Waals surface area contributed by atoms with Crippen molar-refractivity contribution in [2.24, 2.45) is 7.05 Å². The Bertz CT molecular complexity index is 675. The lowest BCUT2D eigenvalue weighted by Gasteiger charge is -2.34. The van der Waals surface area contributed by atoms with Crippen LogP contribution in [-0.4, -0.2) is 43.3 Å². The molecule has 0 saturated heterocycles. The van der Waals surface area contributed by atoms with E-state index in [4.69, 9.17) is 4.74 Å². The number of nitrogens with zero attached hydrogens (tertiary/aromatic N) is 5. The molecule has 0 unspecified atom stereocenters. The number of hydrogen-bond donors (Lipinski definition) is 0. The van der Waals surface area contributed by atoms with Gasteiger partial charge in [0.25, 0.3) is 5.91 Å². The summed E-state index contributed by atoms with van der Waals surface area (Å²) in [6.45, 7) is 6.61. The molecule has 1 aliphatic heterocycles. The van der Waals surface area contributed by atoms with Crippen molar-refractivity contribution in [2.75, 3.05) is 13.2 Å². The van der Waals surface area contributed by atoms with Crippen molar-refractivity contribution in [2.45, 2.75) is 33.0 Å². The highest BCUT2D eigenvalue weighted by atomic mass is 16.5. The average Bonchev–Trinajstić information content (AvgIpc) is 3.12. The molecular weight excluding hydrogens is 282 g/mol. The van der Waals surface area contributed by atoms with Gasteiger partial charge >= 0.3 is 0 Å². The fraction of sp³-hybridized carbons (Fsp3) is 0.533. The lowest BCUT2D eigenvalue weighted by atomic mass is 10.2. The monoisotopic (exact) mass is 303 g/mol. The lowest BCUT2D eigenvalue weighted by Crippen LogP contribution is -2.41. The Morgan fingerprint density at radius 3 is 2.95 bits per heavy atom. The van der Waals surface area contributed by atoms with E-state index in [0.29, 0.717) is 25.5 Å². The van der Waals surface area contributed by atoms with E-state index >= 15 is 0 Å². The summed E-state index contributed by atoms with van der Waals surface area (Å²) in [5.74, 6) is 0.860. The van der Waals surface area contributed by atoms with Crippen LogP contribution in [0.5, 0.6) is 0 Å². The second kappa shape index (κ2) is 5.92. The smallest absolute Gasteiger partial charge is 0.275 e. The summed E-state index contributed by atoms with van der Waals surface area (Å²) in [6.07, 6.45) is 3.62. The van der Waals surface area contributed by atoms with Gasteiger partial charge in [0.1, 0.15) is 11.5 Å². The van der Waals surface area contributed by atoms with E-state index in [0.717, 1.165) is 18.1 Å². The molecule has 7 heteroatoms. The van der Waals surface area contributed by atoms with E-state index in [1.165, 1.54) is 0 Å². The predicted octanol–water partition coefficient (Wildman–Crippen LogP) is 1.37. The fourth-order valence-electron chi connectivity index (χ4n) is 2.84. The van der Waals surface area contributed by atoms with Gasteiger partial charge in [0.2, 0.25) is 0 Å². The summed E-state index contributed by atoms with van der Waals surface area (Å²) < 4.78 is 9.27. The summed E-state index contributed by atoms with van der Waals surface area (Å²) in [5.41, 5.74) is 1.54. The zero-order valence-corrected chi connectivity index (χ0v) is 13.2. The molecule has 1 amide bonds. The molecule has 0 saturated carbocycles. The van der Waals surface area contributed by atoms with Crippen LogP contribution >= 0.6 is 0 Å². The van der Waals surface area contributed by atoms with Crippen LogP contribution in [0.2, 0.25) is 0 Å². The zero-order valence-electron chi connectivity index (χ0n) is 13.2. The Morgan fingerprint density at radius 1 is 1.45 bits per heavy atom. The number of imidazole rings is 1. The molecular formula is C15H21N5O2. The largest absolute Gasteiger partial charge is 0.375 e. The van der Waals surface area contributed by atoms with Gasteiger partial charge < -0.3 is 14.2 Å². The molecule has 2 aromatic rings. The minimum atomic E-state index is -0.0707. The molecule has 3 rings (SSSR count). The summed E-state index contributed by atoms with van der Waals surface area (Å²) in [4.78, 5) is 18.9. The molecule has 0 radical (unpaired) electrons. The summed E-state index contributed by atoms with van der Waals surface area (Å²) in [7, 11) is 1.81. The molecule has 0 N–H and O–H groups in total. The number of carbonyl (C=O) groups is 1. The van der Waals surface area contributed by atoms with Crippen molar-refractivity contribution in [3.63, 3.8) is 0 Å². The minimum absolute atomic E-state index is 0.0475. The molecule has 2 aromatic heterocycles. The van der Waals surface area contributed by atoms with E-state index in [1.54, 1.807) is 16.9 Å². The van der Waals surface area contributed by atoms with Crippen LogP contribution in [0.4, 0.5) is 0 Å². The van der Waals surface area contributed by atoms with Gasteiger partial charge in [-0.05, 0) is 19.9 Å². The first kappa shape index (κ1) is 14.8. The molecule has 3 heterocycles. The van der Waals surface area contributed by atoms with Crippen molar-refractivity contribution >= 4 is 5.91 Å². The van der Waals surface area contributed by atoms with Gasteiger partial charge in [-0.15, -0.1) is 0 Å². The Kier molecular flexibility index (Phi) is 3.98. The van der Waals surface area contributed by atoms with E-state index < -0.39 is 0 Å². The fourth-order valence-corrected chi connectivity index (χ4v) is 2.84. The second-order valence-corrected chi connectivity index (χ2v) is 5.45. The number of carbonyl (C=O) groups excluding carboxylic acids is 1. The summed E-state index contributed by atoms with van der Waals surface area (Å²) >= 11 is 0. The molecule has 7 nitrogen and oxygen atoms in total. The van der Waals surface area contributed by atoms with Crippen LogP contribution in [0.15, 0.2) is 18.5 Å². The van der Waals surface area contributed by atoms with Gasteiger partial charge in [-0.1, -0.05) is 0 Å². The molecule has 0 bridgehead atoms. The third-order valence-corrected chi connectivity index (χ3v) is 4.02. The maximum Gasteiger partial charge on any atom is 0.275 e. The number of aromatic nitrogens is 4. The standard InChI is InChI=1S/C15H21N5O2/c1-4-22-10-12-9-16-14-11(2)19(7-8-20(12)14)15(21)13-5-6-18(3)17-13/h5-6,9,11H,4,7-8,10H2,1-3H3/t11-/m0/s1. The van der Waals surface area contributed by atoms with Gasteiger partial charge in [0, 0.05) is 32.9 Å². The summed E-state index contributed by atoms with van der Waals surface area (Å²) in [6, 6.07) is 1.68. The van der Waals surface area contributed by atoms with Crippen LogP contribution < -0.4 is 0 Å². The second-order valence-electron chi connectivity index (χ2n) is 5.45. The predicted molar refractivity (Wildman–Crippen MR) is 80.2 cm³/mol. The van der Waals surface area contributed by atoms with Gasteiger partial charge in [-0.25, -0.2) is 4.98 Å². The highest BCUT2D eigenvalue weighted by molar-refractivity contribution is 5.92. The highest BCUT2D eigenvalue weighted by Crippen LogP contribution is 2.26. The molecule has 118 valence electrons. The highest BCUT2D eigenvalue weighted by Gasteiger charge is 2.31. The van der Waals surface area contributed by atoms with Crippen LogP contribution in [0.1, 0.15) is 41.9 Å². The molecule has 1 aliphatic rings. The lowest BCUT2D eigenvalue weighted by molar-refractivity contribution is 0.0623. The van der Waals surface area contributed by atoms with Gasteiger partial charge in [-0.3, -0.25) is 9.48 Å². The van der Waals surface area contributed by atoms with Gasteiger partial charge in [0.15, 0.2) is 0 Å². The van der Waals surface area contributed by atoms with E-state index in [-0.39, 0.29) is 11.9 Å². The molecule has 0 aromatic carbocycles. The maximum absolute atomic E-state index is 12.6. The molecule has 1 atom stereocenters. The molecule has 0 aliphatic carbocycles. The zero-order chi connectivity index (χ0) is 15.7. The van der Waals surface area contributed by atoms with E-state index in [1.807, 2.05) is 32.0 Å². The Balaban J connectivity index is 1.81. The van der Waals surface area contributed by atoms with E-state index in [9.17, 15) is 4.79 Å². The van der Waals surface area contributed by atoms with Gasteiger partial charge in [-0.2, -0.15) is 5.10 Å². The maximum atomic E-state index is 12.6. The van der Waals surface area contributed by atoms with Crippen LogP contribution in [0.25, 0.3) is 0 Å². The number of aryl methyl sites for hydroxylation is 1. The third-order valence-electron chi connectivity index (χ3n) is 4.02. The van der Waals surface area contributed by atoms with Crippen LogP contribution in [0, 0.1) is 0 Å². The Labute approximate surface area is 129 Å². The van der Waals surface area contributed by atoms with Crippen molar-refractivity contribution in [1.82, 2.24) is 24.2 Å². The Hall–Kier alpha value is -2.15. The molecule has 0 spiro atoms. The Morgan fingerprint density at radius 2 is 2.27 bits per heavy atom. The first-order chi connectivity index (χ1) is 10.6. The first-order valence-electron chi connectivity index (χ1n) is 7.54. The molecule has 22 heavy (non-hydrogen) atoms. The third kappa shape index (κ3) is 2.52. The van der Waals surface area contributed by atoms with Crippen molar-refractivity contribution in [3.8, 4) is 0 Å². The SMILES string of the molecule is CCOCc1cnc2n1CCN(C(=O)c1ccn(C)n1)[C@H]2C. The minimum Gasteiger partial charge on any atom is -0.375 e. The van der Waals surface area contributed by atoms with E-state index in [2.05, 4.69) is 14.6 Å². The number of ether oxygens (including phenoxy) is 1. The van der Waals surface area contributed by atoms with Crippen molar-refractivity contribution < 1.29 is 9.53 Å². The topological polar surface area (TPSA) is 65.2 Å².